The van der Waals surface area contributed by atoms with Crippen molar-refractivity contribution in [1.29, 1.82) is 0 Å². The standard InChI is InChI=1S/C17H20N4O2/c1-3-12-6-4-5-7-14(12)21-11-13(10-16(21)22)17(23)18-15-8-9-20(2)19-15/h4-9,13H,3,10-11H2,1-2H3,(H,18,19,23). The number of aryl methyl sites for hydroxylation is 2. The number of anilines is 2. The van der Waals surface area contributed by atoms with Crippen LogP contribution in [-0.4, -0.2) is 28.1 Å². The van der Waals surface area contributed by atoms with Gasteiger partial charge in [0.25, 0.3) is 0 Å². The number of rotatable bonds is 4. The molecule has 2 amide bonds. The molecular formula is C17H20N4O2. The average Bonchev–Trinajstić information content (AvgIpc) is 3.13. The molecule has 6 heteroatoms. The lowest BCUT2D eigenvalue weighted by molar-refractivity contribution is -0.122. The summed E-state index contributed by atoms with van der Waals surface area (Å²) in [5.41, 5.74) is 2.03. The van der Waals surface area contributed by atoms with Crippen molar-refractivity contribution in [2.24, 2.45) is 13.0 Å². The molecule has 1 saturated heterocycles. The van der Waals surface area contributed by atoms with E-state index in [1.807, 2.05) is 24.3 Å². The Morgan fingerprint density at radius 1 is 1.35 bits per heavy atom. The summed E-state index contributed by atoms with van der Waals surface area (Å²) >= 11 is 0. The third-order valence-electron chi connectivity index (χ3n) is 4.12. The second-order valence-electron chi connectivity index (χ2n) is 5.75. The fourth-order valence-corrected chi connectivity index (χ4v) is 2.90. The van der Waals surface area contributed by atoms with Gasteiger partial charge >= 0.3 is 0 Å². The molecule has 1 fully saturated rings. The Kier molecular flexibility index (Phi) is 4.14. The Morgan fingerprint density at radius 3 is 2.83 bits per heavy atom. The van der Waals surface area contributed by atoms with Crippen molar-refractivity contribution in [2.45, 2.75) is 19.8 Å². The van der Waals surface area contributed by atoms with Crippen molar-refractivity contribution in [3.8, 4) is 0 Å². The highest BCUT2D eigenvalue weighted by Crippen LogP contribution is 2.29. The minimum Gasteiger partial charge on any atom is -0.311 e. The Bertz CT molecular complexity index is 738. The van der Waals surface area contributed by atoms with Gasteiger partial charge in [-0.25, -0.2) is 0 Å². The van der Waals surface area contributed by atoms with Crippen molar-refractivity contribution in [1.82, 2.24) is 9.78 Å². The Hall–Kier alpha value is -2.63. The first-order valence-electron chi connectivity index (χ1n) is 7.77. The van der Waals surface area contributed by atoms with Crippen LogP contribution in [0.4, 0.5) is 11.5 Å². The van der Waals surface area contributed by atoms with Gasteiger partial charge in [-0.15, -0.1) is 0 Å². The van der Waals surface area contributed by atoms with E-state index in [0.717, 1.165) is 17.7 Å². The van der Waals surface area contributed by atoms with Gasteiger partial charge in [-0.1, -0.05) is 25.1 Å². The van der Waals surface area contributed by atoms with Crippen LogP contribution < -0.4 is 10.2 Å². The van der Waals surface area contributed by atoms with Crippen LogP contribution in [-0.2, 0) is 23.1 Å². The van der Waals surface area contributed by atoms with Crippen LogP contribution in [0.25, 0.3) is 0 Å². The Balaban J connectivity index is 1.73. The summed E-state index contributed by atoms with van der Waals surface area (Å²) in [6.45, 7) is 2.47. The number of hydrogen-bond acceptors (Lipinski definition) is 3. The molecule has 120 valence electrons. The number of amides is 2. The van der Waals surface area contributed by atoms with Crippen LogP contribution in [0.15, 0.2) is 36.5 Å². The maximum Gasteiger partial charge on any atom is 0.231 e. The number of nitrogens with zero attached hydrogens (tertiary/aromatic N) is 3. The van der Waals surface area contributed by atoms with Gasteiger partial charge in [-0.2, -0.15) is 5.10 Å². The molecular weight excluding hydrogens is 292 g/mol. The van der Waals surface area contributed by atoms with E-state index in [0.29, 0.717) is 12.4 Å². The van der Waals surface area contributed by atoms with E-state index in [9.17, 15) is 9.59 Å². The van der Waals surface area contributed by atoms with Gasteiger partial charge in [0.05, 0.1) is 5.92 Å². The lowest BCUT2D eigenvalue weighted by atomic mass is 10.1. The number of aromatic nitrogens is 2. The zero-order chi connectivity index (χ0) is 16.4. The van der Waals surface area contributed by atoms with Gasteiger partial charge in [0.1, 0.15) is 0 Å². The molecule has 0 spiro atoms. The zero-order valence-corrected chi connectivity index (χ0v) is 13.3. The first-order chi connectivity index (χ1) is 11.1. The average molecular weight is 312 g/mol. The summed E-state index contributed by atoms with van der Waals surface area (Å²) in [4.78, 5) is 26.4. The minimum atomic E-state index is -0.352. The topological polar surface area (TPSA) is 67.2 Å². The number of carbonyl (C=O) groups is 2. The van der Waals surface area contributed by atoms with E-state index in [1.165, 1.54) is 0 Å². The summed E-state index contributed by atoms with van der Waals surface area (Å²) in [6, 6.07) is 9.58. The van der Waals surface area contributed by atoms with Crippen molar-refractivity contribution in [3.05, 3.63) is 42.1 Å². The van der Waals surface area contributed by atoms with E-state index in [4.69, 9.17) is 0 Å². The second-order valence-corrected chi connectivity index (χ2v) is 5.75. The first-order valence-corrected chi connectivity index (χ1v) is 7.77. The highest BCUT2D eigenvalue weighted by Gasteiger charge is 2.35. The van der Waals surface area contributed by atoms with Crippen LogP contribution >= 0.6 is 0 Å². The number of carbonyl (C=O) groups excluding carboxylic acids is 2. The normalized spacial score (nSPS) is 17.6. The number of nitrogens with one attached hydrogen (secondary N) is 1. The van der Waals surface area contributed by atoms with Crippen LogP contribution in [0.5, 0.6) is 0 Å². The van der Waals surface area contributed by atoms with E-state index in [-0.39, 0.29) is 24.2 Å². The first kappa shape index (κ1) is 15.3. The van der Waals surface area contributed by atoms with Gasteiger partial charge in [0.2, 0.25) is 11.8 Å². The summed E-state index contributed by atoms with van der Waals surface area (Å²) in [6.07, 6.45) is 2.85. The predicted molar refractivity (Wildman–Crippen MR) is 88.1 cm³/mol. The van der Waals surface area contributed by atoms with E-state index in [1.54, 1.807) is 28.9 Å². The highest BCUT2D eigenvalue weighted by atomic mass is 16.2. The Morgan fingerprint density at radius 2 is 2.13 bits per heavy atom. The summed E-state index contributed by atoms with van der Waals surface area (Å²) in [5.74, 6) is -0.00706. The summed E-state index contributed by atoms with van der Waals surface area (Å²) in [7, 11) is 1.79. The maximum absolute atomic E-state index is 12.4. The molecule has 2 aromatic rings. The largest absolute Gasteiger partial charge is 0.311 e. The lowest BCUT2D eigenvalue weighted by Gasteiger charge is -2.19. The molecule has 23 heavy (non-hydrogen) atoms. The van der Waals surface area contributed by atoms with Crippen molar-refractivity contribution >= 4 is 23.3 Å². The smallest absolute Gasteiger partial charge is 0.231 e. The molecule has 0 saturated carbocycles. The van der Waals surface area contributed by atoms with Gasteiger partial charge < -0.3 is 10.2 Å². The van der Waals surface area contributed by atoms with E-state index >= 15 is 0 Å². The molecule has 3 rings (SSSR count). The zero-order valence-electron chi connectivity index (χ0n) is 13.3. The van der Waals surface area contributed by atoms with Crippen LogP contribution in [0.1, 0.15) is 18.9 Å². The maximum atomic E-state index is 12.4. The number of benzene rings is 1. The quantitative estimate of drug-likeness (QED) is 0.938. The van der Waals surface area contributed by atoms with Crippen molar-refractivity contribution < 1.29 is 9.59 Å². The molecule has 1 N–H and O–H groups in total. The SMILES string of the molecule is CCc1ccccc1N1CC(C(=O)Nc2ccn(C)n2)CC1=O. The molecule has 1 aliphatic heterocycles. The molecule has 1 aromatic heterocycles. The van der Waals surface area contributed by atoms with Gasteiger partial charge in [-0.05, 0) is 18.1 Å². The molecule has 0 radical (unpaired) electrons. The van der Waals surface area contributed by atoms with Crippen LogP contribution in [0, 0.1) is 5.92 Å². The molecule has 1 aliphatic rings. The van der Waals surface area contributed by atoms with E-state index < -0.39 is 0 Å². The molecule has 1 unspecified atom stereocenters. The summed E-state index contributed by atoms with van der Waals surface area (Å²) < 4.78 is 1.62. The number of para-hydroxylation sites is 1. The molecule has 0 bridgehead atoms. The molecule has 0 aliphatic carbocycles. The van der Waals surface area contributed by atoms with Crippen molar-refractivity contribution in [3.63, 3.8) is 0 Å². The molecule has 1 aromatic carbocycles. The fraction of sp³-hybridized carbons (Fsp3) is 0.353. The molecule has 1 atom stereocenters. The minimum absolute atomic E-state index is 0.00734. The van der Waals surface area contributed by atoms with Crippen LogP contribution in [0.2, 0.25) is 0 Å². The van der Waals surface area contributed by atoms with Gasteiger partial charge in [0.15, 0.2) is 5.82 Å². The third kappa shape index (κ3) is 3.11. The van der Waals surface area contributed by atoms with Crippen LogP contribution in [0.3, 0.4) is 0 Å². The predicted octanol–water partition coefficient (Wildman–Crippen LogP) is 1.97. The van der Waals surface area contributed by atoms with Gasteiger partial charge in [-0.3, -0.25) is 14.3 Å². The van der Waals surface area contributed by atoms with E-state index in [2.05, 4.69) is 17.3 Å². The monoisotopic (exact) mass is 312 g/mol. The highest BCUT2D eigenvalue weighted by molar-refractivity contribution is 6.03. The molecule has 2 heterocycles. The fourth-order valence-electron chi connectivity index (χ4n) is 2.90. The summed E-state index contributed by atoms with van der Waals surface area (Å²) in [5, 5.41) is 6.91. The second kappa shape index (κ2) is 6.24. The van der Waals surface area contributed by atoms with Gasteiger partial charge in [0, 0.05) is 38.0 Å². The third-order valence-corrected chi connectivity index (χ3v) is 4.12. The van der Waals surface area contributed by atoms with Crippen molar-refractivity contribution in [2.75, 3.05) is 16.8 Å². The number of hydrogen-bond donors (Lipinski definition) is 1. The molecule has 6 nitrogen and oxygen atoms in total. The Labute approximate surface area is 135 Å². The lowest BCUT2D eigenvalue weighted by Crippen LogP contribution is -2.28.